The fourth-order valence-corrected chi connectivity index (χ4v) is 2.72. The van der Waals surface area contributed by atoms with Gasteiger partial charge in [-0.05, 0) is 30.5 Å². The van der Waals surface area contributed by atoms with E-state index in [0.717, 1.165) is 32.0 Å². The van der Waals surface area contributed by atoms with E-state index in [2.05, 4.69) is 57.7 Å². The van der Waals surface area contributed by atoms with Crippen LogP contribution in [-0.2, 0) is 13.0 Å². The van der Waals surface area contributed by atoms with Gasteiger partial charge in [0.25, 0.3) is 0 Å². The maximum atomic E-state index is 4.41. The highest BCUT2D eigenvalue weighted by Crippen LogP contribution is 2.27. The molecule has 1 aromatic carbocycles. The predicted octanol–water partition coefficient (Wildman–Crippen LogP) is 2.45. The Labute approximate surface area is 148 Å². The summed E-state index contributed by atoms with van der Waals surface area (Å²) in [5, 5.41) is 7.72. The van der Waals surface area contributed by atoms with Crippen LogP contribution in [0.25, 0.3) is 0 Å². The molecular weight excluding hydrogens is 389 g/mol. The van der Waals surface area contributed by atoms with E-state index in [1.54, 1.807) is 0 Å². The van der Waals surface area contributed by atoms with E-state index in [4.69, 9.17) is 0 Å². The highest BCUT2D eigenvalue weighted by molar-refractivity contribution is 14.0. The number of para-hydroxylation sites is 1. The van der Waals surface area contributed by atoms with E-state index in [-0.39, 0.29) is 24.0 Å². The second-order valence-electron chi connectivity index (χ2n) is 5.29. The minimum absolute atomic E-state index is 0. The number of benzene rings is 1. The number of aliphatic imine (C=N–C) groups is 1. The number of nitrogens with one attached hydrogen (secondary N) is 1. The van der Waals surface area contributed by atoms with Gasteiger partial charge in [0, 0.05) is 32.0 Å². The number of rotatable bonds is 3. The highest BCUT2D eigenvalue weighted by atomic mass is 127. The van der Waals surface area contributed by atoms with Crippen molar-refractivity contribution in [1.29, 1.82) is 0 Å². The number of hydrogen-bond acceptors (Lipinski definition) is 2. The van der Waals surface area contributed by atoms with Crippen molar-refractivity contribution in [3.05, 3.63) is 47.8 Å². The lowest BCUT2D eigenvalue weighted by Crippen LogP contribution is -2.41. The third kappa shape index (κ3) is 3.60. The zero-order chi connectivity index (χ0) is 14.7. The third-order valence-corrected chi connectivity index (χ3v) is 3.74. The van der Waals surface area contributed by atoms with Crippen molar-refractivity contribution in [2.45, 2.75) is 19.9 Å². The number of nitrogens with zero attached hydrogens (tertiary/aromatic N) is 4. The van der Waals surface area contributed by atoms with Gasteiger partial charge in [0.1, 0.15) is 0 Å². The number of aromatic nitrogens is 2. The van der Waals surface area contributed by atoms with E-state index in [9.17, 15) is 0 Å². The number of hydrogen-bond donors (Lipinski definition) is 1. The first-order valence-corrected chi connectivity index (χ1v) is 7.33. The zero-order valence-electron chi connectivity index (χ0n) is 13.0. The Kier molecular flexibility index (Phi) is 5.82. The summed E-state index contributed by atoms with van der Waals surface area (Å²) in [7, 11) is 1.83. The van der Waals surface area contributed by atoms with Crippen molar-refractivity contribution in [2.75, 3.05) is 25.0 Å². The number of halogens is 1. The molecule has 6 heteroatoms. The van der Waals surface area contributed by atoms with E-state index in [1.165, 1.54) is 16.8 Å². The molecule has 0 saturated heterocycles. The van der Waals surface area contributed by atoms with E-state index >= 15 is 0 Å². The molecule has 0 radical (unpaired) electrons. The van der Waals surface area contributed by atoms with Crippen molar-refractivity contribution in [3.63, 3.8) is 0 Å². The second kappa shape index (κ2) is 7.62. The van der Waals surface area contributed by atoms with Crippen molar-refractivity contribution >= 4 is 35.6 Å². The van der Waals surface area contributed by atoms with Crippen molar-refractivity contribution in [1.82, 2.24) is 15.1 Å². The average molecular weight is 411 g/mol. The largest absolute Gasteiger partial charge is 0.354 e. The van der Waals surface area contributed by atoms with Crippen LogP contribution in [0, 0.1) is 6.92 Å². The number of fused-ring (bicyclic) bond motifs is 1. The highest BCUT2D eigenvalue weighted by Gasteiger charge is 2.21. The van der Waals surface area contributed by atoms with Gasteiger partial charge < -0.3 is 10.2 Å². The van der Waals surface area contributed by atoms with Crippen molar-refractivity contribution in [2.24, 2.45) is 4.99 Å². The van der Waals surface area contributed by atoms with E-state index < -0.39 is 0 Å². The fourth-order valence-electron chi connectivity index (χ4n) is 2.72. The minimum atomic E-state index is 0. The Morgan fingerprint density at radius 2 is 2.18 bits per heavy atom. The Bertz CT molecular complexity index is 649. The molecule has 0 aliphatic carbocycles. The van der Waals surface area contributed by atoms with Gasteiger partial charge in [-0.15, -0.1) is 24.0 Å². The van der Waals surface area contributed by atoms with Crippen LogP contribution >= 0.6 is 24.0 Å². The van der Waals surface area contributed by atoms with E-state index in [1.807, 2.05) is 17.9 Å². The van der Waals surface area contributed by atoms with Gasteiger partial charge in [-0.3, -0.25) is 9.67 Å². The zero-order valence-corrected chi connectivity index (χ0v) is 15.3. The van der Waals surface area contributed by atoms with Crippen LogP contribution in [-0.4, -0.2) is 35.9 Å². The minimum Gasteiger partial charge on any atom is -0.354 e. The van der Waals surface area contributed by atoms with Gasteiger partial charge in [-0.1, -0.05) is 18.2 Å². The molecule has 0 saturated carbocycles. The molecule has 0 unspecified atom stereocenters. The summed E-state index contributed by atoms with van der Waals surface area (Å²) in [6.07, 6.45) is 5.01. The molecule has 0 atom stereocenters. The normalized spacial score (nSPS) is 13.7. The quantitative estimate of drug-likeness (QED) is 0.480. The van der Waals surface area contributed by atoms with Crippen LogP contribution in [0.2, 0.25) is 0 Å². The van der Waals surface area contributed by atoms with Crippen LogP contribution in [0.1, 0.15) is 11.1 Å². The van der Waals surface area contributed by atoms with Gasteiger partial charge >= 0.3 is 0 Å². The average Bonchev–Trinajstić information content (AvgIpc) is 3.10. The summed E-state index contributed by atoms with van der Waals surface area (Å²) in [5.74, 6) is 0.934. The molecule has 5 nitrogen and oxygen atoms in total. The molecule has 1 aliphatic heterocycles. The smallest absolute Gasteiger partial charge is 0.198 e. The monoisotopic (exact) mass is 411 g/mol. The molecule has 0 amide bonds. The maximum absolute atomic E-state index is 4.41. The molecule has 3 rings (SSSR count). The molecule has 2 heterocycles. The molecule has 1 aromatic heterocycles. The summed E-state index contributed by atoms with van der Waals surface area (Å²) < 4.78 is 1.95. The molecule has 0 fully saturated rings. The van der Waals surface area contributed by atoms with Gasteiger partial charge in [0.05, 0.1) is 12.7 Å². The first-order valence-electron chi connectivity index (χ1n) is 7.33. The predicted molar refractivity (Wildman–Crippen MR) is 101 cm³/mol. The Morgan fingerprint density at radius 1 is 1.36 bits per heavy atom. The molecule has 1 N–H and O–H groups in total. The molecule has 22 heavy (non-hydrogen) atoms. The third-order valence-electron chi connectivity index (χ3n) is 3.74. The second-order valence-corrected chi connectivity index (χ2v) is 5.29. The SMILES string of the molecule is CN=C(NCCn1cc(C)cn1)N1CCc2ccccc21.I. The summed E-state index contributed by atoms with van der Waals surface area (Å²) in [4.78, 5) is 6.66. The summed E-state index contributed by atoms with van der Waals surface area (Å²) in [6.45, 7) is 4.69. The summed E-state index contributed by atoms with van der Waals surface area (Å²) >= 11 is 0. The number of aryl methyl sites for hydroxylation is 1. The lowest BCUT2D eigenvalue weighted by Gasteiger charge is -2.22. The maximum Gasteiger partial charge on any atom is 0.198 e. The van der Waals surface area contributed by atoms with Crippen LogP contribution in [0.3, 0.4) is 0 Å². The first kappa shape index (κ1) is 16.8. The van der Waals surface area contributed by atoms with Crippen molar-refractivity contribution in [3.8, 4) is 0 Å². The lowest BCUT2D eigenvalue weighted by atomic mass is 10.2. The molecule has 0 spiro atoms. The van der Waals surface area contributed by atoms with Crippen LogP contribution < -0.4 is 10.2 Å². The van der Waals surface area contributed by atoms with Gasteiger partial charge in [0.2, 0.25) is 0 Å². The summed E-state index contributed by atoms with van der Waals surface area (Å²) in [5.41, 5.74) is 3.84. The number of anilines is 1. The topological polar surface area (TPSA) is 45.5 Å². The Hall–Kier alpha value is -1.57. The van der Waals surface area contributed by atoms with Gasteiger partial charge in [0.15, 0.2) is 5.96 Å². The van der Waals surface area contributed by atoms with E-state index in [0.29, 0.717) is 0 Å². The van der Waals surface area contributed by atoms with Crippen LogP contribution in [0.5, 0.6) is 0 Å². The van der Waals surface area contributed by atoms with Crippen molar-refractivity contribution < 1.29 is 0 Å². The molecule has 118 valence electrons. The molecule has 2 aromatic rings. The standard InChI is InChI=1S/C16H21N5.HI/c1-13-11-19-20(12-13)10-8-18-16(17-2)21-9-7-14-5-3-4-6-15(14)21;/h3-6,11-12H,7-10H2,1-2H3,(H,17,18);1H. The summed E-state index contributed by atoms with van der Waals surface area (Å²) in [6, 6.07) is 8.52. The van der Waals surface area contributed by atoms with Crippen LogP contribution in [0.15, 0.2) is 41.7 Å². The first-order chi connectivity index (χ1) is 10.3. The van der Waals surface area contributed by atoms with Crippen LogP contribution in [0.4, 0.5) is 5.69 Å². The molecule has 1 aliphatic rings. The van der Waals surface area contributed by atoms with Gasteiger partial charge in [-0.25, -0.2) is 0 Å². The Morgan fingerprint density at radius 3 is 2.91 bits per heavy atom. The van der Waals surface area contributed by atoms with Gasteiger partial charge in [-0.2, -0.15) is 5.10 Å². The lowest BCUT2D eigenvalue weighted by molar-refractivity contribution is 0.600. The number of guanidine groups is 1. The molecular formula is C16H22IN5. The Balaban J connectivity index is 0.00000176. The molecule has 0 bridgehead atoms. The fraction of sp³-hybridized carbons (Fsp3) is 0.375.